The molecular weight excluding hydrogens is 411 g/mol. The number of anilines is 1. The van der Waals surface area contributed by atoms with Gasteiger partial charge in [-0.2, -0.15) is 13.2 Å². The van der Waals surface area contributed by atoms with Crippen molar-refractivity contribution in [3.8, 4) is 21.8 Å². The Balaban J connectivity index is 1.51. The van der Waals surface area contributed by atoms with E-state index < -0.39 is 17.6 Å². The molecule has 2 aromatic carbocycles. The first-order valence-corrected chi connectivity index (χ1v) is 9.73. The summed E-state index contributed by atoms with van der Waals surface area (Å²) in [4.78, 5) is 21.1. The molecule has 0 spiro atoms. The van der Waals surface area contributed by atoms with Gasteiger partial charge in [0.15, 0.2) is 0 Å². The van der Waals surface area contributed by atoms with E-state index in [2.05, 4.69) is 15.3 Å². The van der Waals surface area contributed by atoms with Crippen LogP contribution in [0, 0.1) is 0 Å². The number of carbonyl (C=O) groups is 1. The molecule has 0 saturated heterocycles. The van der Waals surface area contributed by atoms with Crippen LogP contribution in [0.2, 0.25) is 0 Å². The first-order chi connectivity index (χ1) is 14.4. The van der Waals surface area contributed by atoms with Gasteiger partial charge in [0.25, 0.3) is 5.91 Å². The van der Waals surface area contributed by atoms with Crippen molar-refractivity contribution in [2.75, 3.05) is 5.32 Å². The molecule has 2 heterocycles. The molecule has 4 aromatic rings. The Morgan fingerprint density at radius 3 is 2.43 bits per heavy atom. The molecule has 0 fully saturated rings. The van der Waals surface area contributed by atoms with Gasteiger partial charge in [-0.25, -0.2) is 4.98 Å². The normalized spacial score (nSPS) is 11.3. The number of halogens is 3. The summed E-state index contributed by atoms with van der Waals surface area (Å²) < 4.78 is 38.0. The Bertz CT molecular complexity index is 1170. The van der Waals surface area contributed by atoms with Gasteiger partial charge in [-0.1, -0.05) is 12.1 Å². The van der Waals surface area contributed by atoms with E-state index in [0.717, 1.165) is 46.1 Å². The van der Waals surface area contributed by atoms with Crippen molar-refractivity contribution in [1.29, 1.82) is 0 Å². The molecule has 4 nitrogen and oxygen atoms in total. The molecule has 0 aliphatic carbocycles. The molecule has 0 aliphatic heterocycles. The molecule has 1 amide bonds. The lowest BCUT2D eigenvalue weighted by Crippen LogP contribution is -2.12. The molecule has 30 heavy (non-hydrogen) atoms. The first-order valence-electron chi connectivity index (χ1n) is 8.85. The van der Waals surface area contributed by atoms with Gasteiger partial charge in [0.1, 0.15) is 5.01 Å². The lowest BCUT2D eigenvalue weighted by atomic mass is 10.1. The van der Waals surface area contributed by atoms with Crippen LogP contribution in [0.15, 0.2) is 78.4 Å². The number of nitrogens with zero attached hydrogens (tertiary/aromatic N) is 2. The summed E-state index contributed by atoms with van der Waals surface area (Å²) >= 11 is 1.49. The number of pyridine rings is 1. The fourth-order valence-electron chi connectivity index (χ4n) is 2.80. The van der Waals surface area contributed by atoms with Crippen molar-refractivity contribution < 1.29 is 18.0 Å². The maximum Gasteiger partial charge on any atom is 0.416 e. The van der Waals surface area contributed by atoms with E-state index in [4.69, 9.17) is 0 Å². The standard InChI is InChI=1S/C22H14F3N3OS/c23-22(24,25)17-8-6-14(7-9-17)20(29)27-18-5-1-3-15(11-18)19-13-30-21(28-19)16-4-2-10-26-12-16/h1-13H,(H,27,29). The molecule has 0 aliphatic rings. The summed E-state index contributed by atoms with van der Waals surface area (Å²) in [5.41, 5.74) is 2.35. The number of carbonyl (C=O) groups excluding carboxylic acids is 1. The zero-order chi connectivity index (χ0) is 21.1. The van der Waals surface area contributed by atoms with Crippen molar-refractivity contribution in [2.24, 2.45) is 0 Å². The van der Waals surface area contributed by atoms with Crippen molar-refractivity contribution in [3.63, 3.8) is 0 Å². The smallest absolute Gasteiger partial charge is 0.322 e. The zero-order valence-corrected chi connectivity index (χ0v) is 16.2. The van der Waals surface area contributed by atoms with Gasteiger partial charge in [0.05, 0.1) is 11.3 Å². The van der Waals surface area contributed by atoms with Crippen LogP contribution in [0.25, 0.3) is 21.8 Å². The lowest BCUT2D eigenvalue weighted by Gasteiger charge is -2.09. The first kappa shape index (κ1) is 19.8. The number of alkyl halides is 3. The monoisotopic (exact) mass is 425 g/mol. The maximum absolute atomic E-state index is 12.7. The third-order valence-electron chi connectivity index (χ3n) is 4.30. The average Bonchev–Trinajstić information content (AvgIpc) is 3.24. The van der Waals surface area contributed by atoms with Gasteiger partial charge in [-0.05, 0) is 48.5 Å². The number of benzene rings is 2. The third kappa shape index (κ3) is 4.38. The highest BCUT2D eigenvalue weighted by molar-refractivity contribution is 7.13. The summed E-state index contributed by atoms with van der Waals surface area (Å²) in [7, 11) is 0. The van der Waals surface area contributed by atoms with E-state index in [1.807, 2.05) is 23.6 Å². The van der Waals surface area contributed by atoms with Gasteiger partial charge in [0.2, 0.25) is 0 Å². The average molecular weight is 425 g/mol. The third-order valence-corrected chi connectivity index (χ3v) is 5.19. The molecule has 0 saturated carbocycles. The van der Waals surface area contributed by atoms with Crippen molar-refractivity contribution in [2.45, 2.75) is 6.18 Å². The van der Waals surface area contributed by atoms with E-state index in [1.54, 1.807) is 30.6 Å². The summed E-state index contributed by atoms with van der Waals surface area (Å²) in [5.74, 6) is -0.491. The van der Waals surface area contributed by atoms with Gasteiger partial charge >= 0.3 is 6.18 Å². The van der Waals surface area contributed by atoms with Crippen LogP contribution in [-0.2, 0) is 6.18 Å². The van der Waals surface area contributed by atoms with E-state index in [9.17, 15) is 18.0 Å². The van der Waals surface area contributed by atoms with Crippen LogP contribution in [0.3, 0.4) is 0 Å². The number of amides is 1. The van der Waals surface area contributed by atoms with Crippen LogP contribution < -0.4 is 5.32 Å². The maximum atomic E-state index is 12.7. The van der Waals surface area contributed by atoms with Crippen LogP contribution in [-0.4, -0.2) is 15.9 Å². The fourth-order valence-corrected chi connectivity index (χ4v) is 3.62. The second kappa shape index (κ2) is 8.08. The highest BCUT2D eigenvalue weighted by atomic mass is 32.1. The molecule has 150 valence electrons. The molecule has 1 N–H and O–H groups in total. The molecule has 4 rings (SSSR count). The molecule has 8 heteroatoms. The Hall–Kier alpha value is -3.52. The van der Waals surface area contributed by atoms with Crippen LogP contribution in [0.5, 0.6) is 0 Å². The van der Waals surface area contributed by atoms with E-state index in [1.165, 1.54) is 11.3 Å². The van der Waals surface area contributed by atoms with Crippen LogP contribution in [0.1, 0.15) is 15.9 Å². The summed E-state index contributed by atoms with van der Waals surface area (Å²) in [5, 5.41) is 5.46. The molecule has 0 bridgehead atoms. The van der Waals surface area contributed by atoms with Gasteiger partial charge in [-0.3, -0.25) is 9.78 Å². The molecule has 0 unspecified atom stereocenters. The Morgan fingerprint density at radius 2 is 1.73 bits per heavy atom. The van der Waals surface area contributed by atoms with Gasteiger partial charge in [0, 0.05) is 40.2 Å². The second-order valence-electron chi connectivity index (χ2n) is 6.39. The minimum atomic E-state index is -4.44. The van der Waals surface area contributed by atoms with Gasteiger partial charge < -0.3 is 5.32 Å². The largest absolute Gasteiger partial charge is 0.416 e. The number of aromatic nitrogens is 2. The SMILES string of the molecule is O=C(Nc1cccc(-c2csc(-c3cccnc3)n2)c1)c1ccc(C(F)(F)F)cc1. The summed E-state index contributed by atoms with van der Waals surface area (Å²) in [6.07, 6.45) is -1.00. The molecule has 2 aromatic heterocycles. The Kier molecular flexibility index (Phi) is 5.33. The fraction of sp³-hybridized carbons (Fsp3) is 0.0455. The lowest BCUT2D eigenvalue weighted by molar-refractivity contribution is -0.137. The van der Waals surface area contributed by atoms with E-state index in [0.29, 0.717) is 5.69 Å². The van der Waals surface area contributed by atoms with E-state index in [-0.39, 0.29) is 5.56 Å². The van der Waals surface area contributed by atoms with Crippen molar-refractivity contribution in [3.05, 3.63) is 89.6 Å². The second-order valence-corrected chi connectivity index (χ2v) is 7.25. The van der Waals surface area contributed by atoms with Crippen LogP contribution in [0.4, 0.5) is 18.9 Å². The highest BCUT2D eigenvalue weighted by Crippen LogP contribution is 2.30. The number of rotatable bonds is 4. The van der Waals surface area contributed by atoms with Crippen molar-refractivity contribution in [1.82, 2.24) is 9.97 Å². The van der Waals surface area contributed by atoms with Crippen molar-refractivity contribution >= 4 is 22.9 Å². The highest BCUT2D eigenvalue weighted by Gasteiger charge is 2.30. The quantitative estimate of drug-likeness (QED) is 0.427. The molecular formula is C22H14F3N3OS. The number of hydrogen-bond acceptors (Lipinski definition) is 4. The van der Waals surface area contributed by atoms with Crippen LogP contribution >= 0.6 is 11.3 Å². The van der Waals surface area contributed by atoms with Gasteiger partial charge in [-0.15, -0.1) is 11.3 Å². The predicted octanol–water partition coefficient (Wildman–Crippen LogP) is 6.14. The molecule has 0 radical (unpaired) electrons. The minimum Gasteiger partial charge on any atom is -0.322 e. The Labute approximate surface area is 174 Å². The van der Waals surface area contributed by atoms with E-state index >= 15 is 0 Å². The minimum absolute atomic E-state index is 0.140. The topological polar surface area (TPSA) is 54.9 Å². The predicted molar refractivity (Wildman–Crippen MR) is 110 cm³/mol. The summed E-state index contributed by atoms with van der Waals surface area (Å²) in [6.45, 7) is 0. The number of hydrogen-bond donors (Lipinski definition) is 1. The number of nitrogens with one attached hydrogen (secondary N) is 1. The molecule has 0 atom stereocenters. The Morgan fingerprint density at radius 1 is 0.967 bits per heavy atom. The summed E-state index contributed by atoms with van der Waals surface area (Å²) in [6, 6.07) is 15.0. The number of thiazole rings is 1. The zero-order valence-electron chi connectivity index (χ0n) is 15.4.